The first kappa shape index (κ1) is 24.1. The molecule has 0 saturated heterocycles. The predicted molar refractivity (Wildman–Crippen MR) is 94.1 cm³/mol. The summed E-state index contributed by atoms with van der Waals surface area (Å²) in [7, 11) is 0. The fourth-order valence-electron chi connectivity index (χ4n) is 2.42. The molecule has 0 rings (SSSR count). The molecule has 0 aliphatic heterocycles. The highest BCUT2D eigenvalue weighted by atomic mass is 16.4. The van der Waals surface area contributed by atoms with E-state index in [9.17, 15) is 0 Å². The van der Waals surface area contributed by atoms with Crippen LogP contribution in [0.3, 0.4) is 0 Å². The van der Waals surface area contributed by atoms with Gasteiger partial charge in [0, 0.05) is 0 Å². The van der Waals surface area contributed by atoms with Gasteiger partial charge in [-0.1, -0.05) is 78.1 Å². The lowest BCUT2D eigenvalue weighted by molar-refractivity contribution is -0.159. The lowest BCUT2D eigenvalue weighted by Crippen LogP contribution is -2.45. The molecule has 0 aromatic rings. The molecule has 0 saturated carbocycles. The van der Waals surface area contributed by atoms with Crippen LogP contribution in [-0.4, -0.2) is 38.9 Å². The van der Waals surface area contributed by atoms with Crippen LogP contribution in [0.15, 0.2) is 0 Å². The summed E-state index contributed by atoms with van der Waals surface area (Å²) in [6, 6.07) is 0. The van der Waals surface area contributed by atoms with Crippen LogP contribution in [0, 0.1) is 6.92 Å². The third kappa shape index (κ3) is 16.2. The van der Waals surface area contributed by atoms with E-state index >= 15 is 0 Å². The molecule has 0 aliphatic carbocycles. The third-order valence-electron chi connectivity index (χ3n) is 3.65. The maximum absolute atomic E-state index is 8.96. The number of hydrogen-bond acceptors (Lipinski definition) is 4. The van der Waals surface area contributed by atoms with Gasteiger partial charge < -0.3 is 15.3 Å². The summed E-state index contributed by atoms with van der Waals surface area (Å²) in [5, 5.41) is 26.9. The fourth-order valence-corrected chi connectivity index (χ4v) is 2.42. The van der Waals surface area contributed by atoms with E-state index in [2.05, 4.69) is 13.8 Å². The highest BCUT2D eigenvalue weighted by molar-refractivity contribution is 4.58. The molecule has 0 spiro atoms. The molecule has 0 aliphatic rings. The third-order valence-corrected chi connectivity index (χ3v) is 3.65. The number of aliphatic hydroxyl groups excluding tert-OH is 3. The van der Waals surface area contributed by atoms with Crippen LogP contribution in [-0.2, 0) is 0 Å². The zero-order valence-electron chi connectivity index (χ0n) is 15.3. The molecule has 22 heavy (non-hydrogen) atoms. The van der Waals surface area contributed by atoms with Crippen molar-refractivity contribution < 1.29 is 15.3 Å². The number of aliphatic hydroxyl groups is 3. The van der Waals surface area contributed by atoms with E-state index in [1.54, 1.807) is 0 Å². The number of nitrogens with zero attached hydrogens (tertiary/aromatic N) is 1. The first-order chi connectivity index (χ1) is 10.4. The van der Waals surface area contributed by atoms with Crippen LogP contribution in [0.25, 0.3) is 0 Å². The molecule has 0 aromatic heterocycles. The molecule has 0 bridgehead atoms. The summed E-state index contributed by atoms with van der Waals surface area (Å²) >= 11 is 0. The van der Waals surface area contributed by atoms with Crippen molar-refractivity contribution in [2.45, 2.75) is 111 Å². The molecule has 1 radical (unpaired) electrons. The molecular formula is C18H40NO3. The van der Waals surface area contributed by atoms with Gasteiger partial charge in [0.15, 0.2) is 0 Å². The molecule has 3 atom stereocenters. The summed E-state index contributed by atoms with van der Waals surface area (Å²) in [6.45, 7) is 10.6. The monoisotopic (exact) mass is 318 g/mol. The van der Waals surface area contributed by atoms with Gasteiger partial charge in [-0.15, -0.1) is 0 Å². The van der Waals surface area contributed by atoms with Crippen LogP contribution in [0.1, 0.15) is 91.9 Å². The zero-order valence-corrected chi connectivity index (χ0v) is 15.3. The minimum absolute atomic E-state index is 0.833. The number of rotatable bonds is 12. The van der Waals surface area contributed by atoms with Crippen molar-refractivity contribution in [3.8, 4) is 0 Å². The molecule has 3 N–H and O–H groups in total. The smallest absolute Gasteiger partial charge is 0.108 e. The SMILES string of the molecule is CC(O)N(C(C)O)C(C)O.[CH2]CCCCCCCCCCC. The average Bonchev–Trinajstić information content (AvgIpc) is 2.41. The Morgan fingerprint density at radius 2 is 1.00 bits per heavy atom. The van der Waals surface area contributed by atoms with Gasteiger partial charge in [-0.3, -0.25) is 0 Å². The second kappa shape index (κ2) is 17.2. The molecular weight excluding hydrogens is 278 g/mol. The van der Waals surface area contributed by atoms with E-state index in [4.69, 9.17) is 15.3 Å². The second-order valence-corrected chi connectivity index (χ2v) is 6.02. The second-order valence-electron chi connectivity index (χ2n) is 6.02. The molecule has 0 heterocycles. The zero-order chi connectivity index (χ0) is 17.4. The highest BCUT2D eigenvalue weighted by Gasteiger charge is 2.20. The topological polar surface area (TPSA) is 63.9 Å². The van der Waals surface area contributed by atoms with Gasteiger partial charge in [-0.25, -0.2) is 4.90 Å². The van der Waals surface area contributed by atoms with E-state index in [0.29, 0.717) is 0 Å². The quantitative estimate of drug-likeness (QED) is 0.375. The maximum atomic E-state index is 8.96. The maximum Gasteiger partial charge on any atom is 0.108 e. The van der Waals surface area contributed by atoms with Crippen LogP contribution >= 0.6 is 0 Å². The predicted octanol–water partition coefficient (Wildman–Crippen LogP) is 4.04. The Morgan fingerprint density at radius 1 is 0.682 bits per heavy atom. The molecule has 4 heteroatoms. The lowest BCUT2D eigenvalue weighted by atomic mass is 10.1. The van der Waals surface area contributed by atoms with Gasteiger partial charge in [-0.05, 0) is 20.8 Å². The summed E-state index contributed by atoms with van der Waals surface area (Å²) in [6.07, 6.45) is 11.4. The highest BCUT2D eigenvalue weighted by Crippen LogP contribution is 2.09. The van der Waals surface area contributed by atoms with Crippen LogP contribution in [0.2, 0.25) is 0 Å². The Morgan fingerprint density at radius 3 is 1.23 bits per heavy atom. The summed E-state index contributed by atoms with van der Waals surface area (Å²) < 4.78 is 0. The van der Waals surface area contributed by atoms with E-state index < -0.39 is 18.7 Å². The van der Waals surface area contributed by atoms with Crippen molar-refractivity contribution in [1.29, 1.82) is 0 Å². The van der Waals surface area contributed by atoms with Crippen molar-refractivity contribution in [3.63, 3.8) is 0 Å². The van der Waals surface area contributed by atoms with Gasteiger partial charge in [0.1, 0.15) is 18.7 Å². The summed E-state index contributed by atoms with van der Waals surface area (Å²) in [5.74, 6) is 0. The number of hydrogen-bond donors (Lipinski definition) is 3. The van der Waals surface area contributed by atoms with Gasteiger partial charge in [0.25, 0.3) is 0 Å². The van der Waals surface area contributed by atoms with Crippen molar-refractivity contribution >= 4 is 0 Å². The Hall–Kier alpha value is -0.160. The van der Waals surface area contributed by atoms with E-state index in [1.807, 2.05) is 0 Å². The largest absolute Gasteiger partial charge is 0.379 e. The van der Waals surface area contributed by atoms with Crippen molar-refractivity contribution in [2.75, 3.05) is 0 Å². The molecule has 3 unspecified atom stereocenters. The van der Waals surface area contributed by atoms with Crippen LogP contribution < -0.4 is 0 Å². The molecule has 0 fully saturated rings. The Kier molecular flexibility index (Phi) is 18.8. The van der Waals surface area contributed by atoms with Gasteiger partial charge in [-0.2, -0.15) is 0 Å². The summed E-state index contributed by atoms with van der Waals surface area (Å²) in [5.41, 5.74) is 0. The van der Waals surface area contributed by atoms with E-state index in [-0.39, 0.29) is 0 Å². The fraction of sp³-hybridized carbons (Fsp3) is 0.944. The minimum Gasteiger partial charge on any atom is -0.379 e. The molecule has 4 nitrogen and oxygen atoms in total. The standard InChI is InChI=1S/C12H25.C6H15NO3/c1-3-5-7-9-11-12-10-8-6-4-2;1-4(8)7(5(2)9)6(3)10/h1,3-12H2,2H3;4-6,8-10H,1-3H3. The van der Waals surface area contributed by atoms with E-state index in [1.165, 1.54) is 83.5 Å². The van der Waals surface area contributed by atoms with Crippen LogP contribution in [0.4, 0.5) is 0 Å². The van der Waals surface area contributed by atoms with E-state index in [0.717, 1.165) is 6.42 Å². The van der Waals surface area contributed by atoms with Gasteiger partial charge in [0.05, 0.1) is 0 Å². The van der Waals surface area contributed by atoms with Crippen molar-refractivity contribution in [3.05, 3.63) is 6.92 Å². The molecule has 0 amide bonds. The van der Waals surface area contributed by atoms with Gasteiger partial charge in [0.2, 0.25) is 0 Å². The first-order valence-electron chi connectivity index (χ1n) is 8.99. The van der Waals surface area contributed by atoms with Crippen LogP contribution in [0.5, 0.6) is 0 Å². The first-order valence-corrected chi connectivity index (χ1v) is 8.99. The minimum atomic E-state index is -0.833. The number of unbranched alkanes of at least 4 members (excludes halogenated alkanes) is 9. The van der Waals surface area contributed by atoms with Gasteiger partial charge >= 0.3 is 0 Å². The Labute approximate surface area is 138 Å². The molecule has 0 aromatic carbocycles. The summed E-state index contributed by atoms with van der Waals surface area (Å²) in [4.78, 5) is 1.17. The normalized spacial score (nSPS) is 15.1. The Balaban J connectivity index is 0. The Bertz CT molecular complexity index is 179. The van der Waals surface area contributed by atoms with Crippen molar-refractivity contribution in [1.82, 2.24) is 4.90 Å². The average molecular weight is 319 g/mol. The molecule has 135 valence electrons. The lowest BCUT2D eigenvalue weighted by Gasteiger charge is -2.30. The van der Waals surface area contributed by atoms with Crippen molar-refractivity contribution in [2.24, 2.45) is 0 Å².